The largest absolute Gasteiger partial charge is 0.481 e. The molecule has 0 radical (unpaired) electrons. The molecular formula is C14H16N2O3. The number of hydrogen-bond acceptors (Lipinski definition) is 4. The first kappa shape index (κ1) is 13.3. The number of rotatable bonds is 6. The van der Waals surface area contributed by atoms with E-state index in [9.17, 15) is 4.79 Å². The van der Waals surface area contributed by atoms with Crippen molar-refractivity contribution < 1.29 is 14.6 Å². The van der Waals surface area contributed by atoms with Gasteiger partial charge in [0.25, 0.3) is 0 Å². The lowest BCUT2D eigenvalue weighted by molar-refractivity contribution is -0.139. The van der Waals surface area contributed by atoms with Crippen molar-refractivity contribution >= 4 is 22.6 Å². The maximum Gasteiger partial charge on any atom is 0.306 e. The van der Waals surface area contributed by atoms with Gasteiger partial charge in [-0.05, 0) is 11.5 Å². The third-order valence-electron chi connectivity index (χ3n) is 2.91. The molecule has 0 saturated carbocycles. The molecule has 1 atom stereocenters. The smallest absolute Gasteiger partial charge is 0.306 e. The van der Waals surface area contributed by atoms with E-state index < -0.39 is 5.97 Å². The second-order valence-corrected chi connectivity index (χ2v) is 4.22. The number of fused-ring (bicyclic) bond motifs is 1. The van der Waals surface area contributed by atoms with Gasteiger partial charge in [0.15, 0.2) is 0 Å². The predicted molar refractivity (Wildman–Crippen MR) is 73.3 cm³/mol. The molecule has 1 aromatic carbocycles. The number of carboxylic acids is 1. The quantitative estimate of drug-likeness (QED) is 0.832. The van der Waals surface area contributed by atoms with Gasteiger partial charge in [0.05, 0.1) is 12.5 Å². The van der Waals surface area contributed by atoms with Gasteiger partial charge in [-0.25, -0.2) is 4.98 Å². The van der Waals surface area contributed by atoms with Gasteiger partial charge in [-0.2, -0.15) is 0 Å². The molecule has 0 spiro atoms. The maximum absolute atomic E-state index is 10.7. The summed E-state index contributed by atoms with van der Waals surface area (Å²) in [6.45, 7) is 0.407. The summed E-state index contributed by atoms with van der Waals surface area (Å²) in [6.07, 6.45) is 1.32. The van der Waals surface area contributed by atoms with Crippen molar-refractivity contribution in [3.8, 4) is 0 Å². The van der Waals surface area contributed by atoms with Crippen molar-refractivity contribution in [3.63, 3.8) is 0 Å². The number of nitrogens with zero attached hydrogens (tertiary/aromatic N) is 1. The molecule has 0 saturated heterocycles. The highest BCUT2D eigenvalue weighted by molar-refractivity contribution is 5.91. The highest BCUT2D eigenvalue weighted by atomic mass is 16.5. The number of ether oxygens (including phenoxy) is 1. The average Bonchev–Trinajstić information content (AvgIpc) is 2.43. The monoisotopic (exact) mass is 260 g/mol. The van der Waals surface area contributed by atoms with Crippen LogP contribution in [-0.2, 0) is 9.53 Å². The molecule has 100 valence electrons. The Bertz CT molecular complexity index is 566. The normalized spacial score (nSPS) is 12.3. The number of anilines is 1. The summed E-state index contributed by atoms with van der Waals surface area (Å²) in [5.74, 6) is -0.134. The van der Waals surface area contributed by atoms with Gasteiger partial charge >= 0.3 is 5.97 Å². The number of carbonyl (C=O) groups is 1. The Morgan fingerprint density at radius 2 is 2.21 bits per heavy atom. The number of methoxy groups -OCH3 is 1. The summed E-state index contributed by atoms with van der Waals surface area (Å²) in [5.41, 5.74) is 0. The van der Waals surface area contributed by atoms with Crippen LogP contribution in [0.4, 0.5) is 5.82 Å². The van der Waals surface area contributed by atoms with Crippen LogP contribution in [0.1, 0.15) is 6.42 Å². The SMILES string of the molecule is COC(CNc1nccc2ccccc12)CC(=O)O. The Labute approximate surface area is 111 Å². The van der Waals surface area contributed by atoms with Gasteiger partial charge in [-0.15, -0.1) is 0 Å². The van der Waals surface area contributed by atoms with Gasteiger partial charge in [0, 0.05) is 25.2 Å². The van der Waals surface area contributed by atoms with Crippen LogP contribution < -0.4 is 5.32 Å². The van der Waals surface area contributed by atoms with E-state index in [1.165, 1.54) is 7.11 Å². The van der Waals surface area contributed by atoms with Gasteiger partial charge in [-0.3, -0.25) is 4.79 Å². The highest BCUT2D eigenvalue weighted by Gasteiger charge is 2.12. The Kier molecular flexibility index (Phi) is 4.30. The molecule has 0 fully saturated rings. The Morgan fingerprint density at radius 3 is 2.95 bits per heavy atom. The van der Waals surface area contributed by atoms with Gasteiger partial charge in [0.2, 0.25) is 0 Å². The molecule has 0 bridgehead atoms. The summed E-state index contributed by atoms with van der Waals surface area (Å²) >= 11 is 0. The fraction of sp³-hybridized carbons (Fsp3) is 0.286. The van der Waals surface area contributed by atoms with E-state index in [0.717, 1.165) is 16.6 Å². The highest BCUT2D eigenvalue weighted by Crippen LogP contribution is 2.20. The van der Waals surface area contributed by atoms with Crippen LogP contribution in [0.5, 0.6) is 0 Å². The Hall–Kier alpha value is -2.14. The van der Waals surface area contributed by atoms with E-state index in [1.54, 1.807) is 6.20 Å². The lowest BCUT2D eigenvalue weighted by atomic mass is 10.1. The fourth-order valence-corrected chi connectivity index (χ4v) is 1.90. The molecule has 0 aliphatic heterocycles. The molecule has 0 aliphatic rings. The van der Waals surface area contributed by atoms with Crippen molar-refractivity contribution in [1.82, 2.24) is 4.98 Å². The first-order chi connectivity index (χ1) is 9.20. The summed E-state index contributed by atoms with van der Waals surface area (Å²) < 4.78 is 5.12. The van der Waals surface area contributed by atoms with E-state index in [1.807, 2.05) is 30.3 Å². The molecule has 1 aromatic heterocycles. The Morgan fingerprint density at radius 1 is 1.42 bits per heavy atom. The fourth-order valence-electron chi connectivity index (χ4n) is 1.90. The lowest BCUT2D eigenvalue weighted by Gasteiger charge is -2.15. The number of pyridine rings is 1. The summed E-state index contributed by atoms with van der Waals surface area (Å²) in [7, 11) is 1.51. The zero-order chi connectivity index (χ0) is 13.7. The third kappa shape index (κ3) is 3.42. The van der Waals surface area contributed by atoms with E-state index in [-0.39, 0.29) is 12.5 Å². The van der Waals surface area contributed by atoms with Crippen LogP contribution in [0, 0.1) is 0 Å². The van der Waals surface area contributed by atoms with E-state index >= 15 is 0 Å². The first-order valence-electron chi connectivity index (χ1n) is 6.03. The zero-order valence-corrected chi connectivity index (χ0v) is 10.7. The van der Waals surface area contributed by atoms with Crippen LogP contribution >= 0.6 is 0 Å². The van der Waals surface area contributed by atoms with Crippen molar-refractivity contribution in [2.24, 2.45) is 0 Å². The molecule has 5 heteroatoms. The summed E-state index contributed by atoms with van der Waals surface area (Å²) in [6, 6.07) is 9.83. The number of benzene rings is 1. The van der Waals surface area contributed by atoms with E-state index in [2.05, 4.69) is 10.3 Å². The minimum atomic E-state index is -0.875. The molecule has 2 rings (SSSR count). The Balaban J connectivity index is 2.11. The molecule has 0 amide bonds. The second-order valence-electron chi connectivity index (χ2n) is 4.22. The van der Waals surface area contributed by atoms with Crippen LogP contribution in [0.15, 0.2) is 36.5 Å². The average molecular weight is 260 g/mol. The number of hydrogen-bond donors (Lipinski definition) is 2. The summed E-state index contributed by atoms with van der Waals surface area (Å²) in [5, 5.41) is 14.0. The molecule has 0 aliphatic carbocycles. The predicted octanol–water partition coefficient (Wildman–Crippen LogP) is 2.14. The first-order valence-corrected chi connectivity index (χ1v) is 6.03. The molecule has 1 unspecified atom stereocenters. The van der Waals surface area contributed by atoms with Gasteiger partial charge in [-0.1, -0.05) is 24.3 Å². The van der Waals surface area contributed by atoms with Crippen LogP contribution in [-0.4, -0.2) is 35.8 Å². The lowest BCUT2D eigenvalue weighted by Crippen LogP contribution is -2.25. The molecule has 5 nitrogen and oxygen atoms in total. The van der Waals surface area contributed by atoms with Crippen LogP contribution in [0.3, 0.4) is 0 Å². The number of aliphatic carboxylic acids is 1. The van der Waals surface area contributed by atoms with Gasteiger partial charge < -0.3 is 15.2 Å². The second kappa shape index (κ2) is 6.15. The minimum Gasteiger partial charge on any atom is -0.481 e. The number of nitrogens with one attached hydrogen (secondary N) is 1. The number of aromatic nitrogens is 1. The molecular weight excluding hydrogens is 244 g/mol. The zero-order valence-electron chi connectivity index (χ0n) is 10.7. The molecule has 2 N–H and O–H groups in total. The van der Waals surface area contributed by atoms with Crippen LogP contribution in [0.25, 0.3) is 10.8 Å². The van der Waals surface area contributed by atoms with Gasteiger partial charge in [0.1, 0.15) is 5.82 Å². The minimum absolute atomic E-state index is 0.0335. The third-order valence-corrected chi connectivity index (χ3v) is 2.91. The maximum atomic E-state index is 10.7. The molecule has 2 aromatic rings. The van der Waals surface area contributed by atoms with Crippen molar-refractivity contribution in [3.05, 3.63) is 36.5 Å². The van der Waals surface area contributed by atoms with E-state index in [4.69, 9.17) is 9.84 Å². The van der Waals surface area contributed by atoms with Crippen LogP contribution in [0.2, 0.25) is 0 Å². The van der Waals surface area contributed by atoms with Crippen molar-refractivity contribution in [2.45, 2.75) is 12.5 Å². The van der Waals surface area contributed by atoms with Crippen molar-refractivity contribution in [2.75, 3.05) is 19.0 Å². The molecule has 19 heavy (non-hydrogen) atoms. The molecule has 1 heterocycles. The standard InChI is InChI=1S/C14H16N2O3/c1-19-11(8-13(17)18)9-16-14-12-5-3-2-4-10(12)6-7-15-14/h2-7,11H,8-9H2,1H3,(H,15,16)(H,17,18). The van der Waals surface area contributed by atoms with E-state index in [0.29, 0.717) is 6.54 Å². The summed E-state index contributed by atoms with van der Waals surface area (Å²) in [4.78, 5) is 14.9. The topological polar surface area (TPSA) is 71.5 Å². The van der Waals surface area contributed by atoms with Crippen molar-refractivity contribution in [1.29, 1.82) is 0 Å². The number of carboxylic acid groups (broad SMARTS) is 1.